The quantitative estimate of drug-likeness (QED) is 0.470. The van der Waals surface area contributed by atoms with E-state index in [1.54, 1.807) is 43.5 Å². The normalized spacial score (nSPS) is 11.0. The van der Waals surface area contributed by atoms with Gasteiger partial charge in [-0.3, -0.25) is 5.10 Å². The number of aromatic amines is 1. The fourth-order valence-electron chi connectivity index (χ4n) is 2.99. The van der Waals surface area contributed by atoms with Crippen molar-refractivity contribution in [2.24, 2.45) is 0 Å². The van der Waals surface area contributed by atoms with Crippen LogP contribution in [0.3, 0.4) is 0 Å². The van der Waals surface area contributed by atoms with Crippen molar-refractivity contribution in [3.8, 4) is 28.3 Å². The SMILES string of the molecule is COc1ccc(-c2[nH]nc3nc(-c4cc(Br)ccc4F)cc(C(=O)O)c23)cc1. The Labute approximate surface area is 167 Å². The summed E-state index contributed by atoms with van der Waals surface area (Å²) in [4.78, 5) is 16.3. The molecule has 0 bridgehead atoms. The van der Waals surface area contributed by atoms with Crippen LogP contribution in [-0.4, -0.2) is 33.4 Å². The van der Waals surface area contributed by atoms with Gasteiger partial charge in [0.1, 0.15) is 11.6 Å². The first-order valence-corrected chi connectivity index (χ1v) is 8.99. The molecule has 4 rings (SSSR count). The van der Waals surface area contributed by atoms with Crippen molar-refractivity contribution in [1.29, 1.82) is 0 Å². The lowest BCUT2D eigenvalue weighted by molar-refractivity contribution is 0.0699. The molecule has 6 nitrogen and oxygen atoms in total. The number of aromatic carboxylic acids is 1. The minimum absolute atomic E-state index is 0.0149. The number of carboxylic acids is 1. The first-order valence-electron chi connectivity index (χ1n) is 8.20. The molecule has 28 heavy (non-hydrogen) atoms. The highest BCUT2D eigenvalue weighted by Crippen LogP contribution is 2.33. The number of benzene rings is 2. The molecule has 0 spiro atoms. The van der Waals surface area contributed by atoms with Crippen LogP contribution < -0.4 is 4.74 Å². The molecule has 0 fully saturated rings. The molecule has 2 aromatic heterocycles. The van der Waals surface area contributed by atoms with Crippen molar-refractivity contribution < 1.29 is 19.0 Å². The maximum absolute atomic E-state index is 14.3. The van der Waals surface area contributed by atoms with Crippen LogP contribution in [-0.2, 0) is 0 Å². The Morgan fingerprint density at radius 1 is 1.18 bits per heavy atom. The van der Waals surface area contributed by atoms with Crippen LogP contribution in [0.25, 0.3) is 33.5 Å². The van der Waals surface area contributed by atoms with E-state index in [0.717, 1.165) is 5.56 Å². The van der Waals surface area contributed by atoms with Crippen LogP contribution in [0.1, 0.15) is 10.4 Å². The molecule has 0 saturated heterocycles. The van der Waals surface area contributed by atoms with Gasteiger partial charge in [-0.05, 0) is 48.5 Å². The van der Waals surface area contributed by atoms with E-state index in [4.69, 9.17) is 4.74 Å². The van der Waals surface area contributed by atoms with Gasteiger partial charge in [0.2, 0.25) is 0 Å². The van der Waals surface area contributed by atoms with Crippen molar-refractivity contribution in [2.75, 3.05) is 7.11 Å². The number of nitrogens with one attached hydrogen (secondary N) is 1. The summed E-state index contributed by atoms with van der Waals surface area (Å²) in [6.07, 6.45) is 0. The fraction of sp³-hybridized carbons (Fsp3) is 0.0500. The molecule has 2 aromatic carbocycles. The number of H-pyrrole nitrogens is 1. The smallest absolute Gasteiger partial charge is 0.336 e. The summed E-state index contributed by atoms with van der Waals surface area (Å²) in [5, 5.41) is 17.1. The van der Waals surface area contributed by atoms with Gasteiger partial charge < -0.3 is 9.84 Å². The maximum Gasteiger partial charge on any atom is 0.336 e. The first-order chi connectivity index (χ1) is 13.5. The Morgan fingerprint density at radius 3 is 2.61 bits per heavy atom. The average molecular weight is 442 g/mol. The third-order valence-electron chi connectivity index (χ3n) is 4.34. The van der Waals surface area contributed by atoms with Gasteiger partial charge in [-0.15, -0.1) is 0 Å². The number of hydrogen-bond donors (Lipinski definition) is 2. The molecule has 2 N–H and O–H groups in total. The van der Waals surface area contributed by atoms with Crippen LogP contribution in [0.15, 0.2) is 53.0 Å². The van der Waals surface area contributed by atoms with Gasteiger partial charge in [-0.2, -0.15) is 5.10 Å². The molecule has 140 valence electrons. The summed E-state index contributed by atoms with van der Waals surface area (Å²) in [5.74, 6) is -0.978. The van der Waals surface area contributed by atoms with E-state index in [1.807, 2.05) is 0 Å². The van der Waals surface area contributed by atoms with E-state index in [0.29, 0.717) is 21.3 Å². The predicted molar refractivity (Wildman–Crippen MR) is 106 cm³/mol. The molecule has 8 heteroatoms. The molecule has 2 heterocycles. The second-order valence-corrected chi connectivity index (χ2v) is 6.93. The van der Waals surface area contributed by atoms with Crippen LogP contribution in [0.4, 0.5) is 4.39 Å². The lowest BCUT2D eigenvalue weighted by Crippen LogP contribution is -2.01. The second-order valence-electron chi connectivity index (χ2n) is 6.01. The van der Waals surface area contributed by atoms with Gasteiger partial charge in [-0.25, -0.2) is 14.2 Å². The number of pyridine rings is 1. The molecule has 0 aliphatic rings. The van der Waals surface area contributed by atoms with Gasteiger partial charge in [0.15, 0.2) is 5.65 Å². The number of fused-ring (bicyclic) bond motifs is 1. The van der Waals surface area contributed by atoms with Gasteiger partial charge in [-0.1, -0.05) is 15.9 Å². The summed E-state index contributed by atoms with van der Waals surface area (Å²) in [6, 6.07) is 12.9. The maximum atomic E-state index is 14.3. The van der Waals surface area contributed by atoms with Crippen molar-refractivity contribution >= 4 is 32.9 Å². The zero-order valence-corrected chi connectivity index (χ0v) is 16.1. The molecule has 0 amide bonds. The van der Waals surface area contributed by atoms with E-state index < -0.39 is 11.8 Å². The molecule has 0 unspecified atom stereocenters. The van der Waals surface area contributed by atoms with Crippen LogP contribution >= 0.6 is 15.9 Å². The minimum Gasteiger partial charge on any atom is -0.497 e. The monoisotopic (exact) mass is 441 g/mol. The molecular weight excluding hydrogens is 429 g/mol. The average Bonchev–Trinajstić information content (AvgIpc) is 3.13. The number of carbonyl (C=O) groups is 1. The van der Waals surface area contributed by atoms with Crippen LogP contribution in [0.2, 0.25) is 0 Å². The third kappa shape index (κ3) is 3.11. The van der Waals surface area contributed by atoms with Crippen LogP contribution in [0, 0.1) is 5.82 Å². The summed E-state index contributed by atoms with van der Waals surface area (Å²) in [7, 11) is 1.57. The zero-order chi connectivity index (χ0) is 19.8. The molecule has 4 aromatic rings. The largest absolute Gasteiger partial charge is 0.497 e. The lowest BCUT2D eigenvalue weighted by atomic mass is 10.0. The Hall–Kier alpha value is -3.26. The number of nitrogens with zero attached hydrogens (tertiary/aromatic N) is 2. The molecule has 0 radical (unpaired) electrons. The number of halogens is 2. The van der Waals surface area contributed by atoms with Crippen molar-refractivity contribution in [2.45, 2.75) is 0 Å². The lowest BCUT2D eigenvalue weighted by Gasteiger charge is -2.07. The highest BCUT2D eigenvalue weighted by atomic mass is 79.9. The molecule has 0 aliphatic carbocycles. The van der Waals surface area contributed by atoms with E-state index >= 15 is 0 Å². The van der Waals surface area contributed by atoms with E-state index in [2.05, 4.69) is 31.1 Å². The second kappa shape index (κ2) is 7.05. The molecule has 0 atom stereocenters. The van der Waals surface area contributed by atoms with Gasteiger partial charge >= 0.3 is 5.97 Å². The molecule has 0 aliphatic heterocycles. The number of hydrogen-bond acceptors (Lipinski definition) is 4. The standard InChI is InChI=1S/C20H13BrFN3O3/c1-28-12-5-2-10(3-6-12)18-17-14(20(26)27)9-16(23-19(17)25-24-18)13-8-11(21)4-7-15(13)22/h2-9H,1H3,(H,26,27)(H,23,24,25). The Bertz CT molecular complexity index is 1210. The highest BCUT2D eigenvalue weighted by molar-refractivity contribution is 9.10. The number of rotatable bonds is 4. The van der Waals surface area contributed by atoms with E-state index in [-0.39, 0.29) is 22.5 Å². The van der Waals surface area contributed by atoms with Gasteiger partial charge in [0.25, 0.3) is 0 Å². The van der Waals surface area contributed by atoms with Crippen molar-refractivity contribution in [3.63, 3.8) is 0 Å². The highest BCUT2D eigenvalue weighted by Gasteiger charge is 2.21. The predicted octanol–water partition coefficient (Wildman–Crippen LogP) is 4.90. The summed E-state index contributed by atoms with van der Waals surface area (Å²) >= 11 is 3.29. The first kappa shape index (κ1) is 18.1. The molecular formula is C20H13BrFN3O3. The summed E-state index contributed by atoms with van der Waals surface area (Å²) < 4.78 is 20.1. The Kier molecular flexibility index (Phi) is 4.56. The number of ether oxygens (including phenoxy) is 1. The summed E-state index contributed by atoms with van der Waals surface area (Å²) in [5.41, 5.74) is 1.81. The Balaban J connectivity index is 1.94. The van der Waals surface area contributed by atoms with E-state index in [1.165, 1.54) is 12.1 Å². The number of carboxylic acid groups (broad SMARTS) is 1. The third-order valence-corrected chi connectivity index (χ3v) is 4.83. The van der Waals surface area contributed by atoms with Crippen molar-refractivity contribution in [3.05, 3.63) is 64.4 Å². The Morgan fingerprint density at radius 2 is 1.93 bits per heavy atom. The van der Waals surface area contributed by atoms with Gasteiger partial charge in [0, 0.05) is 15.6 Å². The fourth-order valence-corrected chi connectivity index (χ4v) is 3.35. The summed E-state index contributed by atoms with van der Waals surface area (Å²) in [6.45, 7) is 0. The zero-order valence-electron chi connectivity index (χ0n) is 14.5. The number of methoxy groups -OCH3 is 1. The number of aromatic nitrogens is 3. The van der Waals surface area contributed by atoms with E-state index in [9.17, 15) is 14.3 Å². The molecule has 0 saturated carbocycles. The topological polar surface area (TPSA) is 88.1 Å². The van der Waals surface area contributed by atoms with Crippen LogP contribution in [0.5, 0.6) is 5.75 Å². The van der Waals surface area contributed by atoms with Crippen molar-refractivity contribution in [1.82, 2.24) is 15.2 Å². The van der Waals surface area contributed by atoms with Gasteiger partial charge in [0.05, 0.1) is 29.4 Å². The minimum atomic E-state index is -1.15.